The van der Waals surface area contributed by atoms with E-state index in [0.717, 1.165) is 5.56 Å². The largest absolute Gasteiger partial charge is 0.508 e. The number of hydrogen-bond acceptors (Lipinski definition) is 3. The zero-order chi connectivity index (χ0) is 16.3. The van der Waals surface area contributed by atoms with Crippen molar-refractivity contribution < 1.29 is 24.6 Å². The van der Waals surface area contributed by atoms with Crippen LogP contribution in [0.2, 0.25) is 0 Å². The van der Waals surface area contributed by atoms with Crippen molar-refractivity contribution >= 4 is 13.4 Å². The highest BCUT2D eigenvalue weighted by molar-refractivity contribution is 7.53. The lowest BCUT2D eigenvalue weighted by Gasteiger charge is -2.17. The highest BCUT2D eigenvalue weighted by Gasteiger charge is 2.17. The summed E-state index contributed by atoms with van der Waals surface area (Å²) >= 11 is 0. The van der Waals surface area contributed by atoms with Crippen molar-refractivity contribution in [2.45, 2.75) is 19.3 Å². The van der Waals surface area contributed by atoms with Crippen LogP contribution in [-0.2, 0) is 11.0 Å². The van der Waals surface area contributed by atoms with Crippen LogP contribution in [0.4, 0.5) is 5.69 Å². The van der Waals surface area contributed by atoms with E-state index < -0.39 is 7.75 Å². The van der Waals surface area contributed by atoms with E-state index >= 15 is 0 Å². The van der Waals surface area contributed by atoms with Crippen LogP contribution in [0.1, 0.15) is 24.0 Å². The molecule has 5 N–H and O–H groups in total. The van der Waals surface area contributed by atoms with Crippen molar-refractivity contribution in [3.05, 3.63) is 53.6 Å². The SMILES string of the molecule is CC(Cc1cc(O)ccc1NP(=O)(O)O)c1cccc(O)c1. The van der Waals surface area contributed by atoms with Gasteiger partial charge in [0, 0.05) is 5.69 Å². The number of hydrogen-bond donors (Lipinski definition) is 5. The summed E-state index contributed by atoms with van der Waals surface area (Å²) in [6.45, 7) is 1.93. The van der Waals surface area contributed by atoms with Crippen LogP contribution >= 0.6 is 7.75 Å². The predicted molar refractivity (Wildman–Crippen MR) is 84.0 cm³/mol. The normalized spacial score (nSPS) is 12.9. The van der Waals surface area contributed by atoms with Crippen LogP contribution in [0.3, 0.4) is 0 Å². The Balaban J connectivity index is 2.28. The van der Waals surface area contributed by atoms with Gasteiger partial charge >= 0.3 is 7.75 Å². The second kappa shape index (κ2) is 6.40. The average Bonchev–Trinajstić information content (AvgIpc) is 2.40. The monoisotopic (exact) mass is 323 g/mol. The number of phenols is 2. The van der Waals surface area contributed by atoms with Crippen molar-refractivity contribution in [2.75, 3.05) is 5.09 Å². The van der Waals surface area contributed by atoms with Crippen LogP contribution in [0.5, 0.6) is 11.5 Å². The van der Waals surface area contributed by atoms with Gasteiger partial charge in [0.05, 0.1) is 0 Å². The molecule has 0 spiro atoms. The van der Waals surface area contributed by atoms with E-state index in [0.29, 0.717) is 12.0 Å². The van der Waals surface area contributed by atoms with Crippen molar-refractivity contribution in [1.29, 1.82) is 0 Å². The molecule has 2 rings (SSSR count). The van der Waals surface area contributed by atoms with Crippen LogP contribution in [0, 0.1) is 0 Å². The van der Waals surface area contributed by atoms with Gasteiger partial charge < -0.3 is 20.0 Å². The Bertz CT molecular complexity index is 713. The maximum atomic E-state index is 11.1. The first kappa shape index (κ1) is 16.4. The van der Waals surface area contributed by atoms with Crippen molar-refractivity contribution in [1.82, 2.24) is 0 Å². The lowest BCUT2D eigenvalue weighted by molar-refractivity contribution is 0.380. The second-order valence-electron chi connectivity index (χ2n) is 5.20. The summed E-state index contributed by atoms with van der Waals surface area (Å²) in [6.07, 6.45) is 0.445. The maximum Gasteiger partial charge on any atom is 0.427 e. The van der Waals surface area contributed by atoms with Crippen molar-refractivity contribution in [3.8, 4) is 11.5 Å². The van der Waals surface area contributed by atoms with Crippen LogP contribution < -0.4 is 5.09 Å². The Morgan fingerprint density at radius 2 is 1.77 bits per heavy atom. The van der Waals surface area contributed by atoms with Gasteiger partial charge in [-0.05, 0) is 53.8 Å². The van der Waals surface area contributed by atoms with Gasteiger partial charge in [0.25, 0.3) is 0 Å². The molecule has 0 aliphatic heterocycles. The Morgan fingerprint density at radius 1 is 1.09 bits per heavy atom. The molecule has 118 valence electrons. The molecule has 7 heteroatoms. The third-order valence-electron chi connectivity index (χ3n) is 3.32. The Kier molecular flexibility index (Phi) is 4.76. The van der Waals surface area contributed by atoms with Crippen LogP contribution in [0.25, 0.3) is 0 Å². The van der Waals surface area contributed by atoms with Crippen molar-refractivity contribution in [2.24, 2.45) is 0 Å². The molecule has 0 amide bonds. The summed E-state index contributed by atoms with van der Waals surface area (Å²) < 4.78 is 11.1. The second-order valence-corrected chi connectivity index (χ2v) is 6.51. The molecule has 2 aromatic carbocycles. The predicted octanol–water partition coefficient (Wildman–Crippen LogP) is 2.95. The Labute approximate surface area is 128 Å². The van der Waals surface area contributed by atoms with E-state index in [9.17, 15) is 14.8 Å². The Morgan fingerprint density at radius 3 is 2.41 bits per heavy atom. The number of phenolic OH excluding ortho intramolecular Hbond substituents is 2. The summed E-state index contributed by atoms with van der Waals surface area (Å²) in [7, 11) is -4.42. The van der Waals surface area contributed by atoms with E-state index in [1.165, 1.54) is 18.2 Å². The summed E-state index contributed by atoms with van der Waals surface area (Å²) in [6, 6.07) is 11.1. The molecule has 2 aromatic rings. The molecule has 22 heavy (non-hydrogen) atoms. The molecule has 1 atom stereocenters. The van der Waals surface area contributed by atoms with Gasteiger partial charge in [-0.25, -0.2) is 4.57 Å². The molecule has 0 heterocycles. The van der Waals surface area contributed by atoms with Crippen LogP contribution in [0.15, 0.2) is 42.5 Å². The molecule has 0 bridgehead atoms. The fourth-order valence-corrected chi connectivity index (χ4v) is 2.83. The van der Waals surface area contributed by atoms with Gasteiger partial charge in [-0.15, -0.1) is 0 Å². The fraction of sp³-hybridized carbons (Fsp3) is 0.200. The summed E-state index contributed by atoms with van der Waals surface area (Å²) in [5, 5.41) is 21.3. The molecule has 0 aromatic heterocycles. The molecular weight excluding hydrogens is 305 g/mol. The first-order valence-corrected chi connectivity index (χ1v) is 8.30. The third kappa shape index (κ3) is 4.49. The van der Waals surface area contributed by atoms with E-state index in [1.54, 1.807) is 18.2 Å². The van der Waals surface area contributed by atoms with Gasteiger partial charge in [-0.1, -0.05) is 19.1 Å². The van der Waals surface area contributed by atoms with Gasteiger partial charge in [-0.2, -0.15) is 0 Å². The molecule has 0 aliphatic rings. The summed E-state index contributed by atoms with van der Waals surface area (Å²) in [5.74, 6) is 0.175. The zero-order valence-corrected chi connectivity index (χ0v) is 12.9. The maximum absolute atomic E-state index is 11.1. The van der Waals surface area contributed by atoms with E-state index in [1.807, 2.05) is 13.0 Å². The van der Waals surface area contributed by atoms with Crippen molar-refractivity contribution in [3.63, 3.8) is 0 Å². The Hall–Kier alpha value is -2.01. The van der Waals surface area contributed by atoms with Gasteiger partial charge in [-0.3, -0.25) is 5.09 Å². The molecule has 0 fully saturated rings. The zero-order valence-electron chi connectivity index (χ0n) is 12.0. The highest BCUT2D eigenvalue weighted by Crippen LogP contribution is 2.38. The molecule has 6 nitrogen and oxygen atoms in total. The highest BCUT2D eigenvalue weighted by atomic mass is 31.2. The molecule has 0 saturated heterocycles. The lowest BCUT2D eigenvalue weighted by atomic mass is 9.93. The molecule has 0 aliphatic carbocycles. The number of nitrogens with one attached hydrogen (secondary N) is 1. The number of anilines is 1. The topological polar surface area (TPSA) is 110 Å². The first-order valence-electron chi connectivity index (χ1n) is 6.69. The minimum Gasteiger partial charge on any atom is -0.508 e. The molecule has 0 radical (unpaired) electrons. The number of benzene rings is 2. The van der Waals surface area contributed by atoms with E-state index in [4.69, 9.17) is 9.79 Å². The minimum atomic E-state index is -4.42. The van der Waals surface area contributed by atoms with E-state index in [2.05, 4.69) is 5.09 Å². The summed E-state index contributed by atoms with van der Waals surface area (Å²) in [4.78, 5) is 18.1. The molecular formula is C15H18NO5P. The standard InChI is InChI=1S/C15H18NO5P/c1-10(11-3-2-4-13(17)8-11)7-12-9-14(18)5-6-15(12)16-22(19,20)21/h2-6,8-10,17-18H,7H2,1H3,(H3,16,19,20,21). The van der Waals surface area contributed by atoms with Gasteiger partial charge in [0.1, 0.15) is 11.5 Å². The molecule has 0 saturated carbocycles. The van der Waals surface area contributed by atoms with Crippen LogP contribution in [-0.4, -0.2) is 20.0 Å². The quantitative estimate of drug-likeness (QED) is 0.427. The fourth-order valence-electron chi connectivity index (χ4n) is 2.29. The smallest absolute Gasteiger partial charge is 0.427 e. The van der Waals surface area contributed by atoms with Gasteiger partial charge in [0.15, 0.2) is 0 Å². The third-order valence-corrected chi connectivity index (χ3v) is 3.85. The van der Waals surface area contributed by atoms with E-state index in [-0.39, 0.29) is 23.1 Å². The first-order chi connectivity index (χ1) is 10.2. The van der Waals surface area contributed by atoms with Gasteiger partial charge in [0.2, 0.25) is 0 Å². The number of rotatable bonds is 5. The molecule has 1 unspecified atom stereocenters. The summed E-state index contributed by atoms with van der Waals surface area (Å²) in [5.41, 5.74) is 1.75. The lowest BCUT2D eigenvalue weighted by Crippen LogP contribution is -2.03. The minimum absolute atomic E-state index is 0.00813. The average molecular weight is 323 g/mol. The number of aromatic hydroxyl groups is 2.